The Kier molecular flexibility index (Phi) is 2.49. The molecule has 0 radical (unpaired) electrons. The van der Waals surface area contributed by atoms with Crippen LogP contribution in [-0.2, 0) is 7.05 Å². The predicted molar refractivity (Wildman–Crippen MR) is 62.8 cm³/mol. The maximum absolute atomic E-state index is 6.06. The molecule has 0 amide bonds. The smallest absolute Gasteiger partial charge is 0.125 e. The highest BCUT2D eigenvalue weighted by Gasteiger charge is 2.33. The highest BCUT2D eigenvalue weighted by Crippen LogP contribution is 2.44. The molecule has 2 N–H and O–H groups in total. The molecule has 1 aliphatic carbocycles. The van der Waals surface area contributed by atoms with Gasteiger partial charge in [-0.1, -0.05) is 20.8 Å². The minimum atomic E-state index is 0.467. The van der Waals surface area contributed by atoms with Crippen molar-refractivity contribution < 1.29 is 0 Å². The first-order valence-corrected chi connectivity index (χ1v) is 5.84. The Bertz CT molecular complexity index is 361. The fraction of sp³-hybridized carbons (Fsp3) is 0.750. The van der Waals surface area contributed by atoms with Crippen LogP contribution >= 0.6 is 0 Å². The van der Waals surface area contributed by atoms with Crippen molar-refractivity contribution in [3.8, 4) is 0 Å². The van der Waals surface area contributed by atoms with E-state index < -0.39 is 0 Å². The van der Waals surface area contributed by atoms with Crippen molar-refractivity contribution in [2.24, 2.45) is 13.0 Å². The Hall–Kier alpha value is -0.990. The Balaban J connectivity index is 2.40. The lowest BCUT2D eigenvalue weighted by Gasteiger charge is -2.12. The Labute approximate surface area is 91.7 Å². The number of hydrogen-bond acceptors (Lipinski definition) is 2. The molecule has 15 heavy (non-hydrogen) atoms. The van der Waals surface area contributed by atoms with Crippen LogP contribution < -0.4 is 5.73 Å². The molecule has 1 fully saturated rings. The number of rotatable bonds is 3. The average molecular weight is 207 g/mol. The van der Waals surface area contributed by atoms with E-state index in [2.05, 4.69) is 25.9 Å². The summed E-state index contributed by atoms with van der Waals surface area (Å²) in [7, 11) is 1.93. The third-order valence-electron chi connectivity index (χ3n) is 3.50. The van der Waals surface area contributed by atoms with Gasteiger partial charge in [-0.25, -0.2) is 0 Å². The van der Waals surface area contributed by atoms with E-state index in [0.29, 0.717) is 11.8 Å². The molecule has 0 saturated heterocycles. The predicted octanol–water partition coefficient (Wildman–Crippen LogP) is 2.64. The lowest BCUT2D eigenvalue weighted by Crippen LogP contribution is -2.03. The molecule has 1 atom stereocenters. The Morgan fingerprint density at radius 2 is 1.93 bits per heavy atom. The molecule has 1 aromatic rings. The van der Waals surface area contributed by atoms with Crippen molar-refractivity contribution in [2.45, 2.75) is 45.4 Å². The van der Waals surface area contributed by atoms with Crippen molar-refractivity contribution >= 4 is 5.82 Å². The molecular weight excluding hydrogens is 186 g/mol. The molecular formula is C12H21N3. The van der Waals surface area contributed by atoms with Gasteiger partial charge in [0, 0.05) is 18.5 Å². The van der Waals surface area contributed by atoms with Gasteiger partial charge < -0.3 is 5.73 Å². The van der Waals surface area contributed by atoms with E-state index in [4.69, 9.17) is 5.73 Å². The number of hydrogen-bond donors (Lipinski definition) is 1. The molecule has 3 nitrogen and oxygen atoms in total. The first-order valence-electron chi connectivity index (χ1n) is 5.84. The van der Waals surface area contributed by atoms with E-state index in [1.54, 1.807) is 0 Å². The van der Waals surface area contributed by atoms with Gasteiger partial charge in [-0.2, -0.15) is 5.10 Å². The van der Waals surface area contributed by atoms with Gasteiger partial charge in [0.15, 0.2) is 0 Å². The quantitative estimate of drug-likeness (QED) is 0.828. The molecule has 1 aliphatic rings. The van der Waals surface area contributed by atoms with Crippen LogP contribution in [0.15, 0.2) is 0 Å². The summed E-state index contributed by atoms with van der Waals surface area (Å²) in [5, 5.41) is 4.58. The number of nitrogens with two attached hydrogens (primary N) is 1. The molecule has 1 unspecified atom stereocenters. The van der Waals surface area contributed by atoms with Gasteiger partial charge in [-0.05, 0) is 24.7 Å². The fourth-order valence-corrected chi connectivity index (χ4v) is 2.32. The van der Waals surface area contributed by atoms with Gasteiger partial charge in [0.25, 0.3) is 0 Å². The summed E-state index contributed by atoms with van der Waals surface area (Å²) >= 11 is 0. The second-order valence-electron chi connectivity index (χ2n) is 5.09. The molecule has 3 heteroatoms. The summed E-state index contributed by atoms with van der Waals surface area (Å²) in [6.07, 6.45) is 2.71. The molecule has 1 heterocycles. The van der Waals surface area contributed by atoms with Gasteiger partial charge in [0.1, 0.15) is 5.82 Å². The van der Waals surface area contributed by atoms with Crippen molar-refractivity contribution in [1.82, 2.24) is 9.78 Å². The molecule has 0 aromatic carbocycles. The monoisotopic (exact) mass is 207 g/mol. The standard InChI is InChI=1S/C12H21N3/c1-7(2)10-11(8(3)9-5-6-9)14-15(4)12(10)13/h7-9H,5-6,13H2,1-4H3. The summed E-state index contributed by atoms with van der Waals surface area (Å²) < 4.78 is 1.82. The minimum absolute atomic E-state index is 0.467. The third kappa shape index (κ3) is 1.75. The summed E-state index contributed by atoms with van der Waals surface area (Å²) in [5.74, 6) is 2.73. The van der Waals surface area contributed by atoms with E-state index in [1.807, 2.05) is 11.7 Å². The van der Waals surface area contributed by atoms with Crippen molar-refractivity contribution in [3.63, 3.8) is 0 Å². The number of anilines is 1. The third-order valence-corrected chi connectivity index (χ3v) is 3.50. The Morgan fingerprint density at radius 3 is 2.40 bits per heavy atom. The van der Waals surface area contributed by atoms with E-state index in [1.165, 1.54) is 24.1 Å². The van der Waals surface area contributed by atoms with Crippen LogP contribution in [0.1, 0.15) is 56.7 Å². The molecule has 0 spiro atoms. The first kappa shape index (κ1) is 10.5. The van der Waals surface area contributed by atoms with Gasteiger partial charge in [-0.3, -0.25) is 4.68 Å². The zero-order chi connectivity index (χ0) is 11.2. The lowest BCUT2D eigenvalue weighted by atomic mass is 9.93. The number of nitrogens with zero attached hydrogens (tertiary/aromatic N) is 2. The lowest BCUT2D eigenvalue weighted by molar-refractivity contribution is 0.613. The van der Waals surface area contributed by atoms with Crippen LogP contribution in [0.5, 0.6) is 0 Å². The normalized spacial score (nSPS) is 18.5. The summed E-state index contributed by atoms with van der Waals surface area (Å²) in [5.41, 5.74) is 8.55. The molecule has 0 aliphatic heterocycles. The molecule has 2 rings (SSSR count). The zero-order valence-corrected chi connectivity index (χ0v) is 10.1. The molecule has 1 saturated carbocycles. The fourth-order valence-electron chi connectivity index (χ4n) is 2.32. The van der Waals surface area contributed by atoms with E-state index in [9.17, 15) is 0 Å². The zero-order valence-electron chi connectivity index (χ0n) is 10.1. The largest absolute Gasteiger partial charge is 0.384 e. The number of aryl methyl sites for hydroxylation is 1. The van der Waals surface area contributed by atoms with Gasteiger partial charge >= 0.3 is 0 Å². The first-order chi connectivity index (χ1) is 7.02. The van der Waals surface area contributed by atoms with Crippen molar-refractivity contribution in [3.05, 3.63) is 11.3 Å². The molecule has 84 valence electrons. The molecule has 1 aromatic heterocycles. The average Bonchev–Trinajstić information content (AvgIpc) is 2.94. The van der Waals surface area contributed by atoms with Crippen molar-refractivity contribution in [2.75, 3.05) is 5.73 Å². The number of aromatic nitrogens is 2. The minimum Gasteiger partial charge on any atom is -0.384 e. The van der Waals surface area contributed by atoms with Crippen LogP contribution in [0, 0.1) is 5.92 Å². The SMILES string of the molecule is CC(C)c1c(C(C)C2CC2)nn(C)c1N. The maximum atomic E-state index is 6.06. The highest BCUT2D eigenvalue weighted by molar-refractivity contribution is 5.47. The van der Waals surface area contributed by atoms with Crippen LogP contribution in [0.4, 0.5) is 5.82 Å². The number of nitrogen functional groups attached to an aromatic ring is 1. The maximum Gasteiger partial charge on any atom is 0.125 e. The summed E-state index contributed by atoms with van der Waals surface area (Å²) in [6.45, 7) is 6.66. The second kappa shape index (κ2) is 3.54. The van der Waals surface area contributed by atoms with Gasteiger partial charge in [0.2, 0.25) is 0 Å². The van der Waals surface area contributed by atoms with Crippen LogP contribution in [-0.4, -0.2) is 9.78 Å². The second-order valence-corrected chi connectivity index (χ2v) is 5.09. The van der Waals surface area contributed by atoms with Gasteiger partial charge in [0.05, 0.1) is 5.69 Å². The topological polar surface area (TPSA) is 43.8 Å². The van der Waals surface area contributed by atoms with Crippen LogP contribution in [0.2, 0.25) is 0 Å². The Morgan fingerprint density at radius 1 is 1.33 bits per heavy atom. The van der Waals surface area contributed by atoms with Crippen molar-refractivity contribution in [1.29, 1.82) is 0 Å². The summed E-state index contributed by atoms with van der Waals surface area (Å²) in [4.78, 5) is 0. The van der Waals surface area contributed by atoms with E-state index in [0.717, 1.165) is 11.7 Å². The van der Waals surface area contributed by atoms with E-state index in [-0.39, 0.29) is 0 Å². The van der Waals surface area contributed by atoms with Crippen LogP contribution in [0.3, 0.4) is 0 Å². The summed E-state index contributed by atoms with van der Waals surface area (Å²) in [6, 6.07) is 0. The molecule has 0 bridgehead atoms. The van der Waals surface area contributed by atoms with E-state index >= 15 is 0 Å². The van der Waals surface area contributed by atoms with Crippen LogP contribution in [0.25, 0.3) is 0 Å². The van der Waals surface area contributed by atoms with Gasteiger partial charge in [-0.15, -0.1) is 0 Å². The highest BCUT2D eigenvalue weighted by atomic mass is 15.3.